The normalized spacial score (nSPS) is 13.1. The second-order valence-electron chi connectivity index (χ2n) is 4.66. The summed E-state index contributed by atoms with van der Waals surface area (Å²) >= 11 is 0. The lowest BCUT2D eigenvalue weighted by Crippen LogP contribution is -2.26. The van der Waals surface area contributed by atoms with E-state index in [-0.39, 0.29) is 6.04 Å². The predicted octanol–water partition coefficient (Wildman–Crippen LogP) is 3.66. The Morgan fingerprint density at radius 1 is 1.06 bits per heavy atom. The standard InChI is InChI=1S/C14H21F2N/c1-3-10(4-2)7-14(17)8-11-5-12(15)9-13(16)6-11/h5-6,9-10,14H,3-4,7-8,17H2,1-2H3. The van der Waals surface area contributed by atoms with Crippen molar-refractivity contribution in [1.82, 2.24) is 0 Å². The van der Waals surface area contributed by atoms with Crippen LogP contribution in [0, 0.1) is 17.6 Å². The Balaban J connectivity index is 2.58. The summed E-state index contributed by atoms with van der Waals surface area (Å²) in [5, 5.41) is 0. The molecule has 1 atom stereocenters. The fourth-order valence-corrected chi connectivity index (χ4v) is 2.17. The lowest BCUT2D eigenvalue weighted by Gasteiger charge is -2.18. The molecule has 1 unspecified atom stereocenters. The van der Waals surface area contributed by atoms with Gasteiger partial charge in [-0.05, 0) is 36.5 Å². The Morgan fingerprint density at radius 2 is 1.59 bits per heavy atom. The molecule has 1 rings (SSSR count). The number of rotatable bonds is 6. The molecule has 1 nitrogen and oxygen atoms in total. The number of halogens is 2. The Bertz CT molecular complexity index is 328. The monoisotopic (exact) mass is 241 g/mol. The number of hydrogen-bond acceptors (Lipinski definition) is 1. The minimum absolute atomic E-state index is 0.0268. The molecule has 0 bridgehead atoms. The third-order valence-corrected chi connectivity index (χ3v) is 3.21. The van der Waals surface area contributed by atoms with Crippen LogP contribution in [0.4, 0.5) is 8.78 Å². The van der Waals surface area contributed by atoms with Crippen LogP contribution in [0.5, 0.6) is 0 Å². The van der Waals surface area contributed by atoms with Crippen molar-refractivity contribution in [2.45, 2.75) is 45.6 Å². The number of benzene rings is 1. The zero-order valence-electron chi connectivity index (χ0n) is 10.5. The molecule has 0 radical (unpaired) electrons. The highest BCUT2D eigenvalue weighted by Gasteiger charge is 2.12. The van der Waals surface area contributed by atoms with Gasteiger partial charge in [-0.3, -0.25) is 0 Å². The zero-order valence-corrected chi connectivity index (χ0v) is 10.5. The molecule has 0 amide bonds. The fourth-order valence-electron chi connectivity index (χ4n) is 2.17. The van der Waals surface area contributed by atoms with Gasteiger partial charge in [0.1, 0.15) is 11.6 Å². The van der Waals surface area contributed by atoms with Gasteiger partial charge in [-0.1, -0.05) is 26.7 Å². The van der Waals surface area contributed by atoms with Crippen LogP contribution in [-0.2, 0) is 6.42 Å². The largest absolute Gasteiger partial charge is 0.327 e. The minimum atomic E-state index is -0.533. The van der Waals surface area contributed by atoms with E-state index in [1.54, 1.807) is 0 Å². The van der Waals surface area contributed by atoms with E-state index >= 15 is 0 Å². The molecule has 0 aliphatic heterocycles. The molecule has 3 heteroatoms. The van der Waals surface area contributed by atoms with E-state index in [4.69, 9.17) is 5.73 Å². The molecule has 1 aromatic rings. The SMILES string of the molecule is CCC(CC)CC(N)Cc1cc(F)cc(F)c1. The summed E-state index contributed by atoms with van der Waals surface area (Å²) in [5.74, 6) is -0.465. The zero-order chi connectivity index (χ0) is 12.8. The first-order chi connectivity index (χ1) is 8.05. The quantitative estimate of drug-likeness (QED) is 0.808. The first kappa shape index (κ1) is 14.1. The molecule has 0 aromatic heterocycles. The molecule has 0 saturated carbocycles. The van der Waals surface area contributed by atoms with Gasteiger partial charge < -0.3 is 5.73 Å². The molecular formula is C14H21F2N. The van der Waals surface area contributed by atoms with Crippen molar-refractivity contribution in [3.63, 3.8) is 0 Å². The molecule has 0 heterocycles. The molecule has 96 valence electrons. The van der Waals surface area contributed by atoms with Gasteiger partial charge in [-0.15, -0.1) is 0 Å². The third-order valence-electron chi connectivity index (χ3n) is 3.21. The van der Waals surface area contributed by atoms with Crippen LogP contribution < -0.4 is 5.73 Å². The molecule has 1 aromatic carbocycles. The van der Waals surface area contributed by atoms with Crippen molar-refractivity contribution in [3.8, 4) is 0 Å². The molecule has 0 spiro atoms. The summed E-state index contributed by atoms with van der Waals surface area (Å²) in [6.45, 7) is 4.28. The summed E-state index contributed by atoms with van der Waals surface area (Å²) < 4.78 is 26.0. The fraction of sp³-hybridized carbons (Fsp3) is 0.571. The Kier molecular flexibility index (Phi) is 5.56. The van der Waals surface area contributed by atoms with Gasteiger partial charge in [0.15, 0.2) is 0 Å². The molecule has 0 aliphatic rings. The lowest BCUT2D eigenvalue weighted by molar-refractivity contribution is 0.407. The third kappa shape index (κ3) is 4.82. The summed E-state index contributed by atoms with van der Waals surface area (Å²) in [6, 6.07) is 3.57. The summed E-state index contributed by atoms with van der Waals surface area (Å²) in [4.78, 5) is 0. The lowest BCUT2D eigenvalue weighted by atomic mass is 9.92. The van der Waals surface area contributed by atoms with Gasteiger partial charge >= 0.3 is 0 Å². The van der Waals surface area contributed by atoms with Crippen LogP contribution in [0.25, 0.3) is 0 Å². The maximum Gasteiger partial charge on any atom is 0.126 e. The van der Waals surface area contributed by atoms with E-state index in [1.807, 2.05) is 0 Å². The molecule has 2 N–H and O–H groups in total. The van der Waals surface area contributed by atoms with Gasteiger partial charge in [0, 0.05) is 12.1 Å². The first-order valence-electron chi connectivity index (χ1n) is 6.25. The highest BCUT2D eigenvalue weighted by Crippen LogP contribution is 2.17. The van der Waals surface area contributed by atoms with Crippen LogP contribution in [0.3, 0.4) is 0 Å². The van der Waals surface area contributed by atoms with Gasteiger partial charge in [0.25, 0.3) is 0 Å². The van der Waals surface area contributed by atoms with Gasteiger partial charge in [-0.2, -0.15) is 0 Å². The second kappa shape index (κ2) is 6.70. The van der Waals surface area contributed by atoms with Crippen LogP contribution in [0.2, 0.25) is 0 Å². The maximum atomic E-state index is 13.0. The maximum absolute atomic E-state index is 13.0. The molecule has 17 heavy (non-hydrogen) atoms. The van der Waals surface area contributed by atoms with E-state index in [0.717, 1.165) is 25.3 Å². The van der Waals surface area contributed by atoms with Gasteiger partial charge in [0.05, 0.1) is 0 Å². The van der Waals surface area contributed by atoms with E-state index in [0.29, 0.717) is 17.9 Å². The number of nitrogens with two attached hydrogens (primary N) is 1. The van der Waals surface area contributed by atoms with Crippen molar-refractivity contribution < 1.29 is 8.78 Å². The first-order valence-corrected chi connectivity index (χ1v) is 6.25. The van der Waals surface area contributed by atoms with E-state index in [1.165, 1.54) is 12.1 Å². The Hall–Kier alpha value is -0.960. The topological polar surface area (TPSA) is 26.0 Å². The van der Waals surface area contributed by atoms with Crippen molar-refractivity contribution >= 4 is 0 Å². The Labute approximate surface area is 102 Å². The van der Waals surface area contributed by atoms with Crippen LogP contribution in [0.15, 0.2) is 18.2 Å². The molecule has 0 saturated heterocycles. The minimum Gasteiger partial charge on any atom is -0.327 e. The smallest absolute Gasteiger partial charge is 0.126 e. The van der Waals surface area contributed by atoms with Gasteiger partial charge in [-0.25, -0.2) is 8.78 Å². The highest BCUT2D eigenvalue weighted by atomic mass is 19.1. The summed E-state index contributed by atoms with van der Waals surface area (Å²) in [7, 11) is 0. The second-order valence-corrected chi connectivity index (χ2v) is 4.66. The van der Waals surface area contributed by atoms with Crippen molar-refractivity contribution in [2.75, 3.05) is 0 Å². The average Bonchev–Trinajstić information content (AvgIpc) is 2.24. The van der Waals surface area contributed by atoms with Gasteiger partial charge in [0.2, 0.25) is 0 Å². The highest BCUT2D eigenvalue weighted by molar-refractivity contribution is 5.18. The van der Waals surface area contributed by atoms with Crippen LogP contribution >= 0.6 is 0 Å². The van der Waals surface area contributed by atoms with Crippen molar-refractivity contribution in [3.05, 3.63) is 35.4 Å². The predicted molar refractivity (Wildman–Crippen MR) is 66.7 cm³/mol. The average molecular weight is 241 g/mol. The van der Waals surface area contributed by atoms with Crippen molar-refractivity contribution in [2.24, 2.45) is 11.7 Å². The summed E-state index contributed by atoms with van der Waals surface area (Å²) in [5.41, 5.74) is 6.65. The van der Waals surface area contributed by atoms with E-state index < -0.39 is 11.6 Å². The van der Waals surface area contributed by atoms with Crippen LogP contribution in [-0.4, -0.2) is 6.04 Å². The van der Waals surface area contributed by atoms with Crippen LogP contribution in [0.1, 0.15) is 38.7 Å². The Morgan fingerprint density at radius 3 is 2.06 bits per heavy atom. The number of hydrogen-bond donors (Lipinski definition) is 1. The van der Waals surface area contributed by atoms with E-state index in [9.17, 15) is 8.78 Å². The molecule has 0 fully saturated rings. The molecular weight excluding hydrogens is 220 g/mol. The molecule has 0 aliphatic carbocycles. The van der Waals surface area contributed by atoms with E-state index in [2.05, 4.69) is 13.8 Å². The summed E-state index contributed by atoms with van der Waals surface area (Å²) in [6.07, 6.45) is 3.64. The van der Waals surface area contributed by atoms with Crippen molar-refractivity contribution in [1.29, 1.82) is 0 Å².